The lowest BCUT2D eigenvalue weighted by Gasteiger charge is -2.46. The van der Waals surface area contributed by atoms with Gasteiger partial charge in [-0.15, -0.1) is 0 Å². The normalized spacial score (nSPS) is 13.6. The Balaban J connectivity index is 0.000000636. The maximum absolute atomic E-state index is 14.2. The van der Waals surface area contributed by atoms with Crippen LogP contribution in [0.4, 0.5) is 105 Å². The number of hydrogen-bond donors (Lipinski definition) is 0. The summed E-state index contributed by atoms with van der Waals surface area (Å²) in [6, 6.07) is 1.67. The molecule has 0 radical (unpaired) electrons. The number of nitrogens with one attached hydrogen (secondary N) is 1. The molecule has 0 bridgehead atoms. The topological polar surface area (TPSA) is 14.1 Å². The predicted molar refractivity (Wildman–Crippen MR) is 200 cm³/mol. The molecule has 372 valence electrons. The predicted octanol–water partition coefficient (Wildman–Crippen LogP) is 13.4. The van der Waals surface area contributed by atoms with Crippen LogP contribution in [0.3, 0.4) is 0 Å². The highest BCUT2D eigenvalue weighted by molar-refractivity contribution is 7.20. The van der Waals surface area contributed by atoms with Crippen molar-refractivity contribution in [3.8, 4) is 0 Å². The summed E-state index contributed by atoms with van der Waals surface area (Å²) in [7, 11) is 0. The van der Waals surface area contributed by atoms with Crippen LogP contribution >= 0.6 is 11.3 Å². The molecule has 69 heavy (non-hydrogen) atoms. The van der Waals surface area contributed by atoms with Gasteiger partial charge in [-0.25, -0.2) is 4.98 Å². The molecular weight excluding hydrogens is 1020 g/mol. The van der Waals surface area contributed by atoms with E-state index in [0.29, 0.717) is 0 Å². The number of hydrogen-bond acceptors (Lipinski definition) is 1. The van der Waals surface area contributed by atoms with Gasteiger partial charge in [-0.3, -0.25) is 0 Å². The molecule has 6 aromatic rings. The van der Waals surface area contributed by atoms with Gasteiger partial charge in [0.1, 0.15) is 6.15 Å². The van der Waals surface area contributed by atoms with Crippen molar-refractivity contribution in [1.29, 1.82) is 0 Å². The minimum Gasteiger partial charge on any atom is -0.205 e. The molecule has 0 amide bonds. The van der Waals surface area contributed by atoms with Gasteiger partial charge in [-0.1, -0.05) is 90.2 Å². The highest BCUT2D eigenvalue weighted by Gasteiger charge is 2.47. The second-order valence-electron chi connectivity index (χ2n) is 14.9. The Morgan fingerprint density at radius 3 is 0.754 bits per heavy atom. The lowest BCUT2D eigenvalue weighted by molar-refractivity contribution is -0.381. The van der Waals surface area contributed by atoms with E-state index in [1.807, 2.05) is 12.3 Å². The summed E-state index contributed by atoms with van der Waals surface area (Å²) in [6.07, 6.45) is -51.8. The Morgan fingerprint density at radius 1 is 0.333 bits per heavy atom. The van der Waals surface area contributed by atoms with Crippen molar-refractivity contribution in [2.45, 2.75) is 55.8 Å². The SMILES string of the molecule is FC(F)(F)c1cc([B-](c2cc(C(F)(F)F)cc(C(F)(F)F)c2)(c2cc(C(F)(F)F)cc(C(F)(F)F)c2)c2cc(C(F)(F)F)cc(C(F)(F)F)c2)cc(C(F)(F)F)c1.c1ccc(Cc2[nH+]ccs2)cc1. The van der Waals surface area contributed by atoms with Crippen LogP contribution in [0.15, 0.2) is 115 Å². The quantitative estimate of drug-likeness (QED) is 0.117. The standard InChI is InChI=1S/C32H12BF24.C10H9NS/c34-25(35,36)13-1-14(26(37,38)39)6-21(5-13)33(22-7-15(27(40,41)42)2-16(8-22)28(43,44)45,23-9-17(29(46,47)48)3-18(10-23)30(49,50)51)24-11-19(31(52,53)54)4-20(12-24)32(55,56)57;1-2-4-9(5-3-1)8-10-11-6-7-12-10/h1-12H;1-7H,8H2/q-1;/p+1. The van der Waals surface area contributed by atoms with Gasteiger partial charge < -0.3 is 0 Å². The van der Waals surface area contributed by atoms with E-state index in [-0.39, 0.29) is 0 Å². The Hall–Kier alpha value is -5.89. The van der Waals surface area contributed by atoms with Crippen LogP contribution in [-0.2, 0) is 55.8 Å². The number of rotatable bonds is 6. The summed E-state index contributed by atoms with van der Waals surface area (Å²) in [5.74, 6) is 0. The summed E-state index contributed by atoms with van der Waals surface area (Å²) < 4.78 is 341. The van der Waals surface area contributed by atoms with Gasteiger partial charge >= 0.3 is 49.4 Å². The first-order chi connectivity index (χ1) is 31.2. The summed E-state index contributed by atoms with van der Waals surface area (Å²) in [5, 5.41) is 3.37. The maximum Gasteiger partial charge on any atom is 0.416 e. The molecule has 0 fully saturated rings. The van der Waals surface area contributed by atoms with Gasteiger partial charge in [-0.05, 0) is 29.8 Å². The zero-order valence-corrected chi connectivity index (χ0v) is 34.1. The molecule has 0 atom stereocenters. The van der Waals surface area contributed by atoms with Crippen LogP contribution in [0.2, 0.25) is 0 Å². The van der Waals surface area contributed by atoms with Crippen LogP contribution in [-0.4, -0.2) is 6.15 Å². The molecule has 27 heteroatoms. The summed E-state index contributed by atoms with van der Waals surface area (Å²) in [6.45, 7) is 0. The molecule has 0 spiro atoms. The van der Waals surface area contributed by atoms with Crippen molar-refractivity contribution in [3.05, 3.63) is 170 Å². The van der Waals surface area contributed by atoms with E-state index in [1.165, 1.54) is 10.6 Å². The van der Waals surface area contributed by atoms with Gasteiger partial charge in [0.05, 0.1) is 56.3 Å². The van der Waals surface area contributed by atoms with Crippen molar-refractivity contribution in [2.75, 3.05) is 0 Å². The molecule has 0 saturated heterocycles. The molecular formula is C42H22BF24NS. The van der Waals surface area contributed by atoms with Crippen molar-refractivity contribution < 1.29 is 110 Å². The van der Waals surface area contributed by atoms with Gasteiger partial charge in [0.2, 0.25) is 5.01 Å². The average molecular weight is 1040 g/mol. The second kappa shape index (κ2) is 18.5. The molecule has 0 saturated carbocycles. The highest BCUT2D eigenvalue weighted by Crippen LogP contribution is 2.41. The van der Waals surface area contributed by atoms with Crippen molar-refractivity contribution in [3.63, 3.8) is 0 Å². The molecule has 1 nitrogen and oxygen atoms in total. The number of benzene rings is 5. The minimum atomic E-state index is -6.13. The number of aromatic amines is 1. The second-order valence-corrected chi connectivity index (χ2v) is 15.9. The molecule has 1 aromatic heterocycles. The number of H-pyrrole nitrogens is 1. The highest BCUT2D eigenvalue weighted by atomic mass is 32.1. The van der Waals surface area contributed by atoms with Gasteiger partial charge in [0.15, 0.2) is 6.20 Å². The number of halogens is 24. The fourth-order valence-electron chi connectivity index (χ4n) is 7.22. The Kier molecular flexibility index (Phi) is 14.5. The molecule has 0 aliphatic heterocycles. The van der Waals surface area contributed by atoms with E-state index >= 15 is 0 Å². The van der Waals surface area contributed by atoms with Gasteiger partial charge in [0, 0.05) is 0 Å². The molecule has 0 aliphatic rings. The Labute approximate surface area is 374 Å². The van der Waals surface area contributed by atoms with Crippen LogP contribution < -0.4 is 26.8 Å². The molecule has 1 N–H and O–H groups in total. The molecule has 5 aromatic carbocycles. The largest absolute Gasteiger partial charge is 0.416 e. The zero-order chi connectivity index (χ0) is 52.1. The van der Waals surface area contributed by atoms with E-state index in [0.717, 1.165) is 6.42 Å². The number of thiazole rings is 1. The summed E-state index contributed by atoms with van der Waals surface area (Å²) in [4.78, 5) is 3.20. The molecule has 6 rings (SSSR count). The average Bonchev–Trinajstić information content (AvgIpc) is 3.72. The Bertz CT molecular complexity index is 2300. The third-order valence-electron chi connectivity index (χ3n) is 10.2. The van der Waals surface area contributed by atoms with Gasteiger partial charge in [0.25, 0.3) is 0 Å². The van der Waals surface area contributed by atoms with Crippen LogP contribution in [0, 0.1) is 0 Å². The maximum atomic E-state index is 14.2. The lowest BCUT2D eigenvalue weighted by Crippen LogP contribution is -2.75. The minimum absolute atomic E-state index is 0.691. The fraction of sp³-hybridized carbons (Fsp3) is 0.214. The van der Waals surface area contributed by atoms with Crippen LogP contribution in [0.25, 0.3) is 0 Å². The van der Waals surface area contributed by atoms with Crippen LogP contribution in [0.1, 0.15) is 55.1 Å². The smallest absolute Gasteiger partial charge is 0.205 e. The number of alkyl halides is 24. The van der Waals surface area contributed by atoms with Crippen molar-refractivity contribution >= 4 is 39.3 Å². The van der Waals surface area contributed by atoms with Crippen molar-refractivity contribution in [2.24, 2.45) is 0 Å². The summed E-state index contributed by atoms with van der Waals surface area (Å²) in [5.41, 5.74) is -28.8. The number of aromatic nitrogens is 1. The monoisotopic (exact) mass is 1040 g/mol. The first-order valence-electron chi connectivity index (χ1n) is 18.5. The first kappa shape index (κ1) is 54.1. The molecule has 1 heterocycles. The van der Waals surface area contributed by atoms with E-state index in [9.17, 15) is 105 Å². The first-order valence-corrected chi connectivity index (χ1v) is 19.4. The third kappa shape index (κ3) is 12.7. The van der Waals surface area contributed by atoms with Crippen molar-refractivity contribution in [1.82, 2.24) is 0 Å². The van der Waals surface area contributed by atoms with E-state index in [1.54, 1.807) is 11.3 Å². The van der Waals surface area contributed by atoms with Crippen LogP contribution in [0.5, 0.6) is 0 Å². The molecule has 0 unspecified atom stereocenters. The van der Waals surface area contributed by atoms with E-state index < -0.39 is 195 Å². The lowest BCUT2D eigenvalue weighted by atomic mass is 9.12. The Morgan fingerprint density at radius 2 is 0.565 bits per heavy atom. The van der Waals surface area contributed by atoms with E-state index in [2.05, 4.69) is 34.6 Å². The zero-order valence-electron chi connectivity index (χ0n) is 33.2. The van der Waals surface area contributed by atoms with Gasteiger partial charge in [-0.2, -0.15) is 127 Å². The molecule has 0 aliphatic carbocycles. The van der Waals surface area contributed by atoms with E-state index in [4.69, 9.17) is 0 Å². The summed E-state index contributed by atoms with van der Waals surface area (Å²) >= 11 is 1.76. The fourth-order valence-corrected chi connectivity index (χ4v) is 7.91. The third-order valence-corrected chi connectivity index (χ3v) is 11.0.